The van der Waals surface area contributed by atoms with Crippen molar-refractivity contribution < 1.29 is 9.13 Å². The van der Waals surface area contributed by atoms with Crippen molar-refractivity contribution >= 4 is 5.82 Å². The van der Waals surface area contributed by atoms with E-state index in [9.17, 15) is 4.39 Å². The molecule has 0 aromatic carbocycles. The number of aromatic nitrogens is 2. The summed E-state index contributed by atoms with van der Waals surface area (Å²) in [6.07, 6.45) is 7.06. The summed E-state index contributed by atoms with van der Waals surface area (Å²) in [5.41, 5.74) is 0. The maximum absolute atomic E-state index is 13.7. The third-order valence-electron chi connectivity index (χ3n) is 3.79. The summed E-state index contributed by atoms with van der Waals surface area (Å²) in [5.74, 6) is 1.57. The second kappa shape index (κ2) is 6.52. The van der Waals surface area contributed by atoms with E-state index in [-0.39, 0.29) is 5.82 Å². The van der Waals surface area contributed by atoms with Gasteiger partial charge in [-0.25, -0.2) is 9.37 Å². The molecule has 4 nitrogen and oxygen atoms in total. The lowest BCUT2D eigenvalue weighted by molar-refractivity contribution is 0.222. The minimum atomic E-state index is -0.246. The number of nitrogens with zero attached hydrogens (tertiary/aromatic N) is 3. The SMILES string of the molecule is Fc1cccnc1N1CCC(COc2ccncc2)CC1. The molecular formula is C16H18FN3O. The lowest BCUT2D eigenvalue weighted by atomic mass is 9.98. The topological polar surface area (TPSA) is 38.2 Å². The van der Waals surface area contributed by atoms with Gasteiger partial charge in [0.25, 0.3) is 0 Å². The normalized spacial score (nSPS) is 16.0. The standard InChI is InChI=1S/C16H18FN3O/c17-15-2-1-7-19-16(15)20-10-5-13(6-11-20)12-21-14-3-8-18-9-4-14/h1-4,7-9,13H,5-6,10-12H2. The smallest absolute Gasteiger partial charge is 0.165 e. The van der Waals surface area contributed by atoms with E-state index in [0.717, 1.165) is 31.7 Å². The number of pyridine rings is 2. The molecular weight excluding hydrogens is 269 g/mol. The van der Waals surface area contributed by atoms with Gasteiger partial charge < -0.3 is 9.64 Å². The van der Waals surface area contributed by atoms with Crippen LogP contribution in [-0.4, -0.2) is 29.7 Å². The maximum Gasteiger partial charge on any atom is 0.165 e. The number of rotatable bonds is 4. The van der Waals surface area contributed by atoms with Gasteiger partial charge in [-0.3, -0.25) is 4.98 Å². The third kappa shape index (κ3) is 3.48. The minimum absolute atomic E-state index is 0.246. The first-order valence-electron chi connectivity index (χ1n) is 7.21. The molecule has 110 valence electrons. The van der Waals surface area contributed by atoms with Crippen LogP contribution in [0.15, 0.2) is 42.9 Å². The van der Waals surface area contributed by atoms with Crippen molar-refractivity contribution in [2.45, 2.75) is 12.8 Å². The van der Waals surface area contributed by atoms with Crippen LogP contribution in [0, 0.1) is 11.7 Å². The van der Waals surface area contributed by atoms with Gasteiger partial charge >= 0.3 is 0 Å². The van der Waals surface area contributed by atoms with Gasteiger partial charge in [0.1, 0.15) is 5.75 Å². The van der Waals surface area contributed by atoms with E-state index < -0.39 is 0 Å². The van der Waals surface area contributed by atoms with Gasteiger partial charge in [-0.1, -0.05) is 0 Å². The van der Waals surface area contributed by atoms with E-state index >= 15 is 0 Å². The zero-order valence-corrected chi connectivity index (χ0v) is 11.8. The molecule has 0 saturated carbocycles. The molecule has 0 amide bonds. The zero-order chi connectivity index (χ0) is 14.5. The van der Waals surface area contributed by atoms with Gasteiger partial charge in [0.15, 0.2) is 11.6 Å². The summed E-state index contributed by atoms with van der Waals surface area (Å²) in [6, 6.07) is 6.80. The van der Waals surface area contributed by atoms with Gasteiger partial charge in [-0.05, 0) is 43.0 Å². The molecule has 0 unspecified atom stereocenters. The average molecular weight is 287 g/mol. The van der Waals surface area contributed by atoms with E-state index in [1.807, 2.05) is 17.0 Å². The highest BCUT2D eigenvalue weighted by atomic mass is 19.1. The van der Waals surface area contributed by atoms with Crippen LogP contribution in [-0.2, 0) is 0 Å². The maximum atomic E-state index is 13.7. The van der Waals surface area contributed by atoms with E-state index in [1.54, 1.807) is 24.7 Å². The second-order valence-electron chi connectivity index (χ2n) is 5.23. The summed E-state index contributed by atoms with van der Waals surface area (Å²) >= 11 is 0. The Bertz CT molecular complexity index is 571. The Labute approximate surface area is 123 Å². The molecule has 0 radical (unpaired) electrons. The van der Waals surface area contributed by atoms with Crippen LogP contribution in [0.2, 0.25) is 0 Å². The molecule has 3 heterocycles. The lowest BCUT2D eigenvalue weighted by Crippen LogP contribution is -2.36. The molecule has 1 aliphatic heterocycles. The summed E-state index contributed by atoms with van der Waals surface area (Å²) in [4.78, 5) is 10.1. The second-order valence-corrected chi connectivity index (χ2v) is 5.23. The molecule has 3 rings (SSSR count). The summed E-state index contributed by atoms with van der Waals surface area (Å²) < 4.78 is 19.5. The van der Waals surface area contributed by atoms with Crippen molar-refractivity contribution in [1.82, 2.24) is 9.97 Å². The molecule has 5 heteroatoms. The number of piperidine rings is 1. The van der Waals surface area contributed by atoms with Crippen LogP contribution in [0.5, 0.6) is 5.75 Å². The number of ether oxygens (including phenoxy) is 1. The van der Waals surface area contributed by atoms with Crippen molar-refractivity contribution in [1.29, 1.82) is 0 Å². The van der Waals surface area contributed by atoms with Crippen molar-refractivity contribution in [3.05, 3.63) is 48.7 Å². The van der Waals surface area contributed by atoms with Gasteiger partial charge in [0.05, 0.1) is 6.61 Å². The zero-order valence-electron chi connectivity index (χ0n) is 11.8. The van der Waals surface area contributed by atoms with Crippen LogP contribution < -0.4 is 9.64 Å². The average Bonchev–Trinajstić information content (AvgIpc) is 2.55. The third-order valence-corrected chi connectivity index (χ3v) is 3.79. The predicted molar refractivity (Wildman–Crippen MR) is 78.9 cm³/mol. The van der Waals surface area contributed by atoms with Crippen LogP contribution in [0.4, 0.5) is 10.2 Å². The summed E-state index contributed by atoms with van der Waals surface area (Å²) in [6.45, 7) is 2.33. The predicted octanol–water partition coefficient (Wildman–Crippen LogP) is 2.91. The molecule has 0 atom stereocenters. The van der Waals surface area contributed by atoms with E-state index in [0.29, 0.717) is 18.3 Å². The molecule has 2 aromatic heterocycles. The Hall–Kier alpha value is -2.17. The van der Waals surface area contributed by atoms with Crippen LogP contribution in [0.1, 0.15) is 12.8 Å². The van der Waals surface area contributed by atoms with Crippen molar-refractivity contribution in [2.24, 2.45) is 5.92 Å². The molecule has 1 saturated heterocycles. The van der Waals surface area contributed by atoms with E-state index in [4.69, 9.17) is 4.74 Å². The van der Waals surface area contributed by atoms with Crippen LogP contribution in [0.25, 0.3) is 0 Å². The monoisotopic (exact) mass is 287 g/mol. The Morgan fingerprint density at radius 1 is 1.14 bits per heavy atom. The molecule has 0 N–H and O–H groups in total. The van der Waals surface area contributed by atoms with E-state index in [1.165, 1.54) is 6.07 Å². The van der Waals surface area contributed by atoms with Crippen LogP contribution >= 0.6 is 0 Å². The number of anilines is 1. The highest BCUT2D eigenvalue weighted by Gasteiger charge is 2.22. The Morgan fingerprint density at radius 2 is 1.90 bits per heavy atom. The Balaban J connectivity index is 1.50. The molecule has 1 aliphatic rings. The van der Waals surface area contributed by atoms with Gasteiger partial charge in [-0.15, -0.1) is 0 Å². The Morgan fingerprint density at radius 3 is 2.62 bits per heavy atom. The molecule has 0 bridgehead atoms. The quantitative estimate of drug-likeness (QED) is 0.866. The molecule has 0 spiro atoms. The summed E-state index contributed by atoms with van der Waals surface area (Å²) in [5, 5.41) is 0. The highest BCUT2D eigenvalue weighted by Crippen LogP contribution is 2.24. The van der Waals surface area contributed by atoms with Crippen LogP contribution in [0.3, 0.4) is 0 Å². The molecule has 2 aromatic rings. The van der Waals surface area contributed by atoms with Gasteiger partial charge in [-0.2, -0.15) is 0 Å². The number of hydrogen-bond acceptors (Lipinski definition) is 4. The fraction of sp³-hybridized carbons (Fsp3) is 0.375. The largest absolute Gasteiger partial charge is 0.493 e. The van der Waals surface area contributed by atoms with E-state index in [2.05, 4.69) is 9.97 Å². The first-order valence-corrected chi connectivity index (χ1v) is 7.21. The molecule has 0 aliphatic carbocycles. The van der Waals surface area contributed by atoms with Gasteiger partial charge in [0, 0.05) is 31.7 Å². The molecule has 1 fully saturated rings. The van der Waals surface area contributed by atoms with Crippen molar-refractivity contribution in [3.8, 4) is 5.75 Å². The van der Waals surface area contributed by atoms with Gasteiger partial charge in [0.2, 0.25) is 0 Å². The first-order chi connectivity index (χ1) is 10.3. The minimum Gasteiger partial charge on any atom is -0.493 e. The summed E-state index contributed by atoms with van der Waals surface area (Å²) in [7, 11) is 0. The fourth-order valence-electron chi connectivity index (χ4n) is 2.57. The first kappa shape index (κ1) is 13.8. The van der Waals surface area contributed by atoms with Crippen molar-refractivity contribution in [2.75, 3.05) is 24.6 Å². The number of halogens is 1. The fourth-order valence-corrected chi connectivity index (χ4v) is 2.57. The number of hydrogen-bond donors (Lipinski definition) is 0. The highest BCUT2D eigenvalue weighted by molar-refractivity contribution is 5.39. The molecule has 21 heavy (non-hydrogen) atoms. The Kier molecular flexibility index (Phi) is 4.28. The lowest BCUT2D eigenvalue weighted by Gasteiger charge is -2.32. The van der Waals surface area contributed by atoms with Crippen molar-refractivity contribution in [3.63, 3.8) is 0 Å².